The lowest BCUT2D eigenvalue weighted by molar-refractivity contribution is 0.0500. The van der Waals surface area contributed by atoms with Gasteiger partial charge >= 0.3 is 12.1 Å². The first-order valence-electron chi connectivity index (χ1n) is 9.65. The second kappa shape index (κ2) is 9.60. The summed E-state index contributed by atoms with van der Waals surface area (Å²) in [5, 5.41) is 2.51. The summed E-state index contributed by atoms with van der Waals surface area (Å²) in [6.07, 6.45) is -0.732. The lowest BCUT2D eigenvalue weighted by Crippen LogP contribution is -2.34. The molecule has 30 heavy (non-hydrogen) atoms. The van der Waals surface area contributed by atoms with Crippen LogP contribution in [0.5, 0.6) is 11.5 Å². The number of carbonyl (C=O) groups is 2. The third kappa shape index (κ3) is 5.95. The largest absolute Gasteiger partial charge is 0.490 e. The summed E-state index contributed by atoms with van der Waals surface area (Å²) in [6, 6.07) is 2.33. The minimum absolute atomic E-state index is 0.00726. The molecule has 0 aliphatic carbocycles. The Morgan fingerprint density at radius 1 is 1.17 bits per heavy atom. The van der Waals surface area contributed by atoms with E-state index in [0.717, 1.165) is 0 Å². The van der Waals surface area contributed by atoms with Crippen LogP contribution in [0.1, 0.15) is 63.8 Å². The fourth-order valence-electron chi connectivity index (χ4n) is 2.62. The van der Waals surface area contributed by atoms with Crippen molar-refractivity contribution in [2.75, 3.05) is 13.2 Å². The molecule has 0 aliphatic rings. The number of hydrogen-bond acceptors (Lipinski definition) is 7. The Balaban J connectivity index is 2.36. The molecule has 1 atom stereocenters. The van der Waals surface area contributed by atoms with Crippen LogP contribution in [0.15, 0.2) is 22.6 Å². The van der Waals surface area contributed by atoms with Crippen molar-refractivity contribution in [2.24, 2.45) is 0 Å². The first-order valence-corrected chi connectivity index (χ1v) is 9.65. The van der Waals surface area contributed by atoms with E-state index in [1.54, 1.807) is 39.0 Å². The van der Waals surface area contributed by atoms with Gasteiger partial charge in [-0.2, -0.15) is 4.39 Å². The zero-order chi connectivity index (χ0) is 22.5. The topological polar surface area (TPSA) is 99.9 Å². The van der Waals surface area contributed by atoms with E-state index in [4.69, 9.17) is 18.6 Å². The summed E-state index contributed by atoms with van der Waals surface area (Å²) < 4.78 is 35.5. The molecule has 0 radical (unpaired) electrons. The summed E-state index contributed by atoms with van der Waals surface area (Å²) >= 11 is 0. The minimum atomic E-state index is -1.77. The van der Waals surface area contributed by atoms with E-state index < -0.39 is 29.5 Å². The second-order valence-corrected chi connectivity index (χ2v) is 7.40. The van der Waals surface area contributed by atoms with Crippen LogP contribution in [0.2, 0.25) is 0 Å². The Hall–Kier alpha value is -3.10. The molecule has 0 saturated heterocycles. The molecular formula is C21H27FN2O6. The Labute approximate surface area is 174 Å². The number of aromatic nitrogens is 1. The van der Waals surface area contributed by atoms with Crippen LogP contribution in [0.25, 0.3) is 11.5 Å². The quantitative estimate of drug-likeness (QED) is 0.608. The number of ether oxygens (including phenoxy) is 3. The van der Waals surface area contributed by atoms with Crippen molar-refractivity contribution in [3.8, 4) is 23.0 Å². The van der Waals surface area contributed by atoms with Gasteiger partial charge in [-0.3, -0.25) is 4.79 Å². The fourth-order valence-corrected chi connectivity index (χ4v) is 2.62. The van der Waals surface area contributed by atoms with Gasteiger partial charge in [0.25, 0.3) is 0 Å². The molecular weight excluding hydrogens is 395 g/mol. The monoisotopic (exact) mass is 422 g/mol. The molecule has 0 aliphatic heterocycles. The number of nitrogens with zero attached hydrogens (tertiary/aromatic N) is 1. The van der Waals surface area contributed by atoms with E-state index in [2.05, 4.69) is 10.3 Å². The molecule has 1 heterocycles. The first kappa shape index (κ1) is 23.2. The van der Waals surface area contributed by atoms with Crippen molar-refractivity contribution in [3.05, 3.63) is 29.7 Å². The number of carbonyl (C=O) groups excluding carboxylic acids is 2. The SMILES string of the molecule is CCOc1ccc(-c2nc(C(=O)F)c(C(C)NC(=O)OC(C)(C)C)o2)cc1OCC. The minimum Gasteiger partial charge on any atom is -0.490 e. The van der Waals surface area contributed by atoms with E-state index >= 15 is 0 Å². The maximum atomic E-state index is 13.6. The lowest BCUT2D eigenvalue weighted by atomic mass is 10.2. The van der Waals surface area contributed by atoms with Crippen LogP contribution >= 0.6 is 0 Å². The zero-order valence-corrected chi connectivity index (χ0v) is 18.0. The molecule has 0 saturated carbocycles. The van der Waals surface area contributed by atoms with Crippen molar-refractivity contribution >= 4 is 12.1 Å². The number of halogens is 1. The predicted octanol–water partition coefficient (Wildman–Crippen LogP) is 4.83. The predicted molar refractivity (Wildman–Crippen MR) is 108 cm³/mol. The smallest absolute Gasteiger partial charge is 0.408 e. The van der Waals surface area contributed by atoms with Gasteiger partial charge in [0, 0.05) is 5.56 Å². The van der Waals surface area contributed by atoms with Gasteiger partial charge in [-0.25, -0.2) is 9.78 Å². The highest BCUT2D eigenvalue weighted by Gasteiger charge is 2.27. The summed E-state index contributed by atoms with van der Waals surface area (Å²) in [6.45, 7) is 11.2. The van der Waals surface area contributed by atoms with Gasteiger partial charge in [0.05, 0.1) is 19.3 Å². The van der Waals surface area contributed by atoms with Crippen LogP contribution in [0, 0.1) is 0 Å². The van der Waals surface area contributed by atoms with Crippen LogP contribution in [0.4, 0.5) is 9.18 Å². The van der Waals surface area contributed by atoms with Gasteiger partial charge in [0.1, 0.15) is 5.60 Å². The number of nitrogens with one attached hydrogen (secondary N) is 1. The number of hydrogen-bond donors (Lipinski definition) is 1. The van der Waals surface area contributed by atoms with Crippen molar-refractivity contribution in [1.82, 2.24) is 10.3 Å². The summed E-state index contributed by atoms with van der Waals surface area (Å²) in [7, 11) is 0. The van der Waals surface area contributed by atoms with Gasteiger partial charge in [0.15, 0.2) is 23.0 Å². The van der Waals surface area contributed by atoms with E-state index in [1.165, 1.54) is 6.92 Å². The van der Waals surface area contributed by atoms with E-state index in [9.17, 15) is 14.0 Å². The Bertz CT molecular complexity index is 903. The molecule has 1 aromatic heterocycles. The molecule has 0 bridgehead atoms. The number of oxazole rings is 1. The van der Waals surface area contributed by atoms with Crippen molar-refractivity contribution in [2.45, 2.75) is 53.2 Å². The van der Waals surface area contributed by atoms with Crippen molar-refractivity contribution in [3.63, 3.8) is 0 Å². The standard InChI is InChI=1S/C21H27FN2O6/c1-7-27-14-10-9-13(11-15(14)28-8-2)19-24-16(18(22)25)17(29-19)12(3)23-20(26)30-21(4,5)6/h9-12H,7-8H2,1-6H3,(H,23,26). The lowest BCUT2D eigenvalue weighted by Gasteiger charge is -2.21. The number of alkyl carbamates (subject to hydrolysis) is 1. The second-order valence-electron chi connectivity index (χ2n) is 7.40. The summed E-state index contributed by atoms with van der Waals surface area (Å²) in [5.41, 5.74) is -0.770. The molecule has 9 heteroatoms. The summed E-state index contributed by atoms with van der Waals surface area (Å²) in [5.74, 6) is 0.893. The molecule has 1 unspecified atom stereocenters. The first-order chi connectivity index (χ1) is 14.1. The van der Waals surface area contributed by atoms with Crippen molar-refractivity contribution < 1.29 is 32.6 Å². The van der Waals surface area contributed by atoms with Gasteiger partial charge in [0.2, 0.25) is 5.89 Å². The molecule has 2 aromatic rings. The van der Waals surface area contributed by atoms with Crippen molar-refractivity contribution in [1.29, 1.82) is 0 Å². The molecule has 0 spiro atoms. The maximum absolute atomic E-state index is 13.6. The summed E-state index contributed by atoms with van der Waals surface area (Å²) in [4.78, 5) is 27.5. The highest BCUT2D eigenvalue weighted by Crippen LogP contribution is 2.34. The van der Waals surface area contributed by atoms with Crippen LogP contribution < -0.4 is 14.8 Å². The Morgan fingerprint density at radius 2 is 1.80 bits per heavy atom. The molecule has 1 amide bonds. The molecule has 0 fully saturated rings. The molecule has 2 rings (SSSR count). The fraction of sp³-hybridized carbons (Fsp3) is 0.476. The number of benzene rings is 1. The van der Waals surface area contributed by atoms with E-state index in [-0.39, 0.29) is 11.7 Å². The van der Waals surface area contributed by atoms with E-state index in [0.29, 0.717) is 30.3 Å². The molecule has 1 N–H and O–H groups in total. The van der Waals surface area contributed by atoms with Crippen LogP contribution in [-0.4, -0.2) is 35.9 Å². The number of amides is 1. The van der Waals surface area contributed by atoms with E-state index in [1.807, 2.05) is 13.8 Å². The van der Waals surface area contributed by atoms with Gasteiger partial charge in [-0.1, -0.05) is 0 Å². The molecule has 1 aromatic carbocycles. The highest BCUT2D eigenvalue weighted by molar-refractivity contribution is 5.88. The van der Waals surface area contributed by atoms with Crippen LogP contribution in [-0.2, 0) is 4.74 Å². The maximum Gasteiger partial charge on any atom is 0.408 e. The Morgan fingerprint density at radius 3 is 2.37 bits per heavy atom. The number of rotatable bonds is 8. The third-order valence-electron chi connectivity index (χ3n) is 3.76. The molecule has 8 nitrogen and oxygen atoms in total. The third-order valence-corrected chi connectivity index (χ3v) is 3.76. The van der Waals surface area contributed by atoms with Crippen LogP contribution in [0.3, 0.4) is 0 Å². The van der Waals surface area contributed by atoms with Gasteiger partial charge < -0.3 is 23.9 Å². The molecule has 164 valence electrons. The Kier molecular flexibility index (Phi) is 7.42. The average Bonchev–Trinajstić information content (AvgIpc) is 3.08. The average molecular weight is 422 g/mol. The zero-order valence-electron chi connectivity index (χ0n) is 18.0. The van der Waals surface area contributed by atoms with Gasteiger partial charge in [-0.05, 0) is 59.7 Å². The normalized spacial score (nSPS) is 12.2. The highest BCUT2D eigenvalue weighted by atomic mass is 19.1. The van der Waals surface area contributed by atoms with Gasteiger partial charge in [-0.15, -0.1) is 0 Å².